The highest BCUT2D eigenvalue weighted by molar-refractivity contribution is 5.74. The molecule has 2 atom stereocenters. The molecule has 0 N–H and O–H groups in total. The van der Waals surface area contributed by atoms with Crippen LogP contribution in [-0.2, 0) is 19.0 Å². The molecule has 80 valence electrons. The van der Waals surface area contributed by atoms with Crippen molar-refractivity contribution < 1.29 is 19.0 Å². The van der Waals surface area contributed by atoms with E-state index in [1.165, 1.54) is 6.26 Å². The molecule has 1 rings (SSSR count). The molecule has 0 aromatic carbocycles. The molecular weight excluding hydrogens is 184 g/mol. The van der Waals surface area contributed by atoms with E-state index in [2.05, 4.69) is 0 Å². The summed E-state index contributed by atoms with van der Waals surface area (Å²) in [7, 11) is 0. The molecule has 0 fully saturated rings. The van der Waals surface area contributed by atoms with E-state index in [-0.39, 0.29) is 18.2 Å². The first-order chi connectivity index (χ1) is 6.77. The molecular formula is C10H16O4. The van der Waals surface area contributed by atoms with Gasteiger partial charge in [0.1, 0.15) is 0 Å². The topological polar surface area (TPSA) is 44.8 Å². The van der Waals surface area contributed by atoms with Gasteiger partial charge in [-0.15, -0.1) is 0 Å². The van der Waals surface area contributed by atoms with Crippen LogP contribution in [0.2, 0.25) is 0 Å². The minimum atomic E-state index is -0.320. The van der Waals surface area contributed by atoms with Crippen LogP contribution < -0.4 is 0 Å². The monoisotopic (exact) mass is 200 g/mol. The molecule has 14 heavy (non-hydrogen) atoms. The fourth-order valence-corrected chi connectivity index (χ4v) is 1.29. The first-order valence-corrected chi connectivity index (χ1v) is 4.88. The van der Waals surface area contributed by atoms with Crippen LogP contribution in [-0.4, -0.2) is 25.5 Å². The van der Waals surface area contributed by atoms with E-state index in [0.29, 0.717) is 19.6 Å². The number of carbonyl (C=O) groups excluding carboxylic acids is 1. The summed E-state index contributed by atoms with van der Waals surface area (Å²) in [5, 5.41) is 0. The zero-order valence-corrected chi connectivity index (χ0v) is 8.56. The van der Waals surface area contributed by atoms with E-state index in [9.17, 15) is 4.79 Å². The zero-order valence-electron chi connectivity index (χ0n) is 8.56. The van der Waals surface area contributed by atoms with Crippen molar-refractivity contribution >= 4 is 5.97 Å². The summed E-state index contributed by atoms with van der Waals surface area (Å²) in [4.78, 5) is 11.4. The second-order valence-corrected chi connectivity index (χ2v) is 2.94. The van der Waals surface area contributed by atoms with E-state index >= 15 is 0 Å². The average molecular weight is 200 g/mol. The molecule has 0 spiro atoms. The summed E-state index contributed by atoms with van der Waals surface area (Å²) >= 11 is 0. The molecule has 0 aliphatic carbocycles. The van der Waals surface area contributed by atoms with Crippen molar-refractivity contribution in [3.8, 4) is 0 Å². The molecule has 0 saturated carbocycles. The summed E-state index contributed by atoms with van der Waals surface area (Å²) in [5.74, 6) is -0.447. The van der Waals surface area contributed by atoms with Crippen molar-refractivity contribution in [2.45, 2.75) is 26.6 Å². The minimum absolute atomic E-state index is 0.211. The van der Waals surface area contributed by atoms with Gasteiger partial charge >= 0.3 is 5.97 Å². The maximum atomic E-state index is 11.4. The molecule has 0 saturated heterocycles. The Bertz CT molecular complexity index is 212. The fraction of sp³-hybridized carbons (Fsp3) is 0.700. The lowest BCUT2D eigenvalue weighted by Crippen LogP contribution is -2.27. The lowest BCUT2D eigenvalue weighted by atomic mass is 10.0. The van der Waals surface area contributed by atoms with E-state index in [1.807, 2.05) is 6.92 Å². The lowest BCUT2D eigenvalue weighted by Gasteiger charge is -2.23. The summed E-state index contributed by atoms with van der Waals surface area (Å²) in [6.45, 7) is 4.67. The van der Waals surface area contributed by atoms with Gasteiger partial charge in [0.15, 0.2) is 6.29 Å². The highest BCUT2D eigenvalue weighted by Gasteiger charge is 2.25. The highest BCUT2D eigenvalue weighted by atomic mass is 16.7. The van der Waals surface area contributed by atoms with Crippen LogP contribution in [0.5, 0.6) is 0 Å². The van der Waals surface area contributed by atoms with E-state index < -0.39 is 0 Å². The van der Waals surface area contributed by atoms with Crippen LogP contribution in [0.4, 0.5) is 0 Å². The third-order valence-corrected chi connectivity index (χ3v) is 1.93. The predicted molar refractivity (Wildman–Crippen MR) is 50.4 cm³/mol. The molecule has 0 aromatic heterocycles. The lowest BCUT2D eigenvalue weighted by molar-refractivity contribution is -0.156. The van der Waals surface area contributed by atoms with Crippen molar-refractivity contribution in [2.75, 3.05) is 13.2 Å². The van der Waals surface area contributed by atoms with E-state index in [0.717, 1.165) is 0 Å². The van der Waals surface area contributed by atoms with Crippen LogP contribution in [0, 0.1) is 5.92 Å². The highest BCUT2D eigenvalue weighted by Crippen LogP contribution is 2.19. The smallest absolute Gasteiger partial charge is 0.313 e. The first kappa shape index (κ1) is 11.0. The molecule has 0 aromatic rings. The van der Waals surface area contributed by atoms with Gasteiger partial charge in [0.2, 0.25) is 0 Å². The average Bonchev–Trinajstić information content (AvgIpc) is 2.19. The van der Waals surface area contributed by atoms with Crippen molar-refractivity contribution in [3.05, 3.63) is 12.3 Å². The summed E-state index contributed by atoms with van der Waals surface area (Å²) in [5.41, 5.74) is 0. The second kappa shape index (κ2) is 5.65. The molecule has 4 nitrogen and oxygen atoms in total. The maximum Gasteiger partial charge on any atom is 0.313 e. The number of rotatable bonds is 4. The van der Waals surface area contributed by atoms with Gasteiger partial charge in [0, 0.05) is 13.0 Å². The Morgan fingerprint density at radius 3 is 2.93 bits per heavy atom. The summed E-state index contributed by atoms with van der Waals surface area (Å²) < 4.78 is 15.3. The number of ether oxygens (including phenoxy) is 3. The van der Waals surface area contributed by atoms with Crippen molar-refractivity contribution in [2.24, 2.45) is 5.92 Å². The number of hydrogen-bond donors (Lipinski definition) is 0. The minimum Gasteiger partial charge on any atom is -0.473 e. The van der Waals surface area contributed by atoms with Crippen LogP contribution >= 0.6 is 0 Å². The predicted octanol–water partition coefficient (Wildman–Crippen LogP) is 1.46. The Kier molecular flexibility index (Phi) is 4.46. The second-order valence-electron chi connectivity index (χ2n) is 2.94. The molecule has 1 heterocycles. The Morgan fingerprint density at radius 1 is 1.50 bits per heavy atom. The zero-order chi connectivity index (χ0) is 10.4. The Hall–Kier alpha value is -1.03. The largest absolute Gasteiger partial charge is 0.473 e. The Labute approximate surface area is 83.8 Å². The summed E-state index contributed by atoms with van der Waals surface area (Å²) in [6, 6.07) is 0. The van der Waals surface area contributed by atoms with Gasteiger partial charge in [-0.05, 0) is 19.9 Å². The van der Waals surface area contributed by atoms with Crippen LogP contribution in [0.3, 0.4) is 0 Å². The first-order valence-electron chi connectivity index (χ1n) is 4.88. The normalized spacial score (nSPS) is 25.6. The fourth-order valence-electron chi connectivity index (χ4n) is 1.29. The molecule has 4 heteroatoms. The number of hydrogen-bond acceptors (Lipinski definition) is 4. The number of carbonyl (C=O) groups is 1. The Balaban J connectivity index is 2.43. The molecule has 0 radical (unpaired) electrons. The standard InChI is InChI=1S/C10H16O4/c1-3-12-9-7-8(5-6-14-9)10(11)13-4-2/h5-6,8-9H,3-4,7H2,1-2H3. The van der Waals surface area contributed by atoms with Gasteiger partial charge in [-0.25, -0.2) is 0 Å². The van der Waals surface area contributed by atoms with Crippen molar-refractivity contribution in [3.63, 3.8) is 0 Å². The van der Waals surface area contributed by atoms with Gasteiger partial charge in [-0.2, -0.15) is 0 Å². The van der Waals surface area contributed by atoms with Gasteiger partial charge < -0.3 is 14.2 Å². The molecule has 1 aliphatic rings. The van der Waals surface area contributed by atoms with Crippen molar-refractivity contribution in [1.82, 2.24) is 0 Å². The quantitative estimate of drug-likeness (QED) is 0.644. The molecule has 2 unspecified atom stereocenters. The van der Waals surface area contributed by atoms with Gasteiger partial charge in [-0.1, -0.05) is 0 Å². The maximum absolute atomic E-state index is 11.4. The van der Waals surface area contributed by atoms with Crippen LogP contribution in [0.25, 0.3) is 0 Å². The van der Waals surface area contributed by atoms with Crippen LogP contribution in [0.15, 0.2) is 12.3 Å². The van der Waals surface area contributed by atoms with E-state index in [4.69, 9.17) is 14.2 Å². The molecule has 1 aliphatic heterocycles. The molecule has 0 bridgehead atoms. The summed E-state index contributed by atoms with van der Waals surface area (Å²) in [6.07, 6.45) is 3.42. The third-order valence-electron chi connectivity index (χ3n) is 1.93. The van der Waals surface area contributed by atoms with Crippen LogP contribution in [0.1, 0.15) is 20.3 Å². The third kappa shape index (κ3) is 3.03. The number of esters is 1. The molecule has 0 amide bonds. The SMILES string of the molecule is CCOC(=O)C1C=COC(OCC)C1. The van der Waals surface area contributed by atoms with Gasteiger partial charge in [-0.3, -0.25) is 4.79 Å². The Morgan fingerprint density at radius 2 is 2.29 bits per heavy atom. The van der Waals surface area contributed by atoms with Crippen molar-refractivity contribution in [1.29, 1.82) is 0 Å². The van der Waals surface area contributed by atoms with E-state index in [1.54, 1.807) is 13.0 Å². The van der Waals surface area contributed by atoms with Gasteiger partial charge in [0.25, 0.3) is 0 Å². The van der Waals surface area contributed by atoms with Gasteiger partial charge in [0.05, 0.1) is 18.8 Å².